The van der Waals surface area contributed by atoms with Crippen LogP contribution in [-0.4, -0.2) is 0 Å². The van der Waals surface area contributed by atoms with Crippen LogP contribution in [0.3, 0.4) is 0 Å². The van der Waals surface area contributed by atoms with Gasteiger partial charge in [0.15, 0.2) is 0 Å². The van der Waals surface area contributed by atoms with E-state index in [1.807, 2.05) is 30.3 Å². The van der Waals surface area contributed by atoms with Gasteiger partial charge in [0.25, 0.3) is 0 Å². The molecule has 0 bridgehead atoms. The van der Waals surface area contributed by atoms with Gasteiger partial charge in [-0.15, -0.1) is 0 Å². The average Bonchev–Trinajstić information content (AvgIpc) is 2.32. The van der Waals surface area contributed by atoms with Gasteiger partial charge in [-0.1, -0.05) is 78.1 Å². The van der Waals surface area contributed by atoms with E-state index >= 15 is 0 Å². The van der Waals surface area contributed by atoms with E-state index in [1.165, 1.54) is 6.07 Å². The zero-order chi connectivity index (χ0) is 13.2. The second-order valence-corrected chi connectivity index (χ2v) is 8.67. The molecule has 0 spiro atoms. The molecule has 4 heteroatoms. The Kier molecular flexibility index (Phi) is 4.62. The van der Waals surface area contributed by atoms with Crippen LogP contribution in [0.25, 0.3) is 0 Å². The van der Waals surface area contributed by atoms with Gasteiger partial charge in [0.05, 0.1) is 0 Å². The third kappa shape index (κ3) is 3.43. The van der Waals surface area contributed by atoms with Gasteiger partial charge in [-0.25, -0.2) is 4.39 Å². The predicted molar refractivity (Wildman–Crippen MR) is 83.8 cm³/mol. The van der Waals surface area contributed by atoms with E-state index in [0.717, 1.165) is 10.0 Å². The average molecular weight is 437 g/mol. The highest BCUT2D eigenvalue weighted by atomic mass is 79.9. The number of benzene rings is 2. The van der Waals surface area contributed by atoms with E-state index in [2.05, 4.69) is 47.8 Å². The summed E-state index contributed by atoms with van der Waals surface area (Å²) in [6, 6.07) is 14.8. The van der Waals surface area contributed by atoms with E-state index in [9.17, 15) is 4.39 Å². The third-order valence-corrected chi connectivity index (χ3v) is 4.55. The highest BCUT2D eigenvalue weighted by molar-refractivity contribution is 9.24. The molecular formula is C14H10Br3F. The van der Waals surface area contributed by atoms with E-state index in [4.69, 9.17) is 0 Å². The summed E-state index contributed by atoms with van der Waals surface area (Å²) >= 11 is 10.5. The van der Waals surface area contributed by atoms with Gasteiger partial charge < -0.3 is 0 Å². The summed E-state index contributed by atoms with van der Waals surface area (Å²) in [4.78, 5) is 0. The van der Waals surface area contributed by atoms with Crippen molar-refractivity contribution in [3.8, 4) is 0 Å². The Morgan fingerprint density at radius 3 is 2.17 bits per heavy atom. The third-order valence-electron chi connectivity index (χ3n) is 2.61. The maximum Gasteiger partial charge on any atom is 0.128 e. The molecule has 2 rings (SSSR count). The molecule has 0 amide bonds. The van der Waals surface area contributed by atoms with Gasteiger partial charge in [0, 0.05) is 16.5 Å². The molecule has 18 heavy (non-hydrogen) atoms. The molecular weight excluding hydrogens is 427 g/mol. The summed E-state index contributed by atoms with van der Waals surface area (Å²) in [5.74, 6) is -0.219. The van der Waals surface area contributed by atoms with Crippen LogP contribution in [0, 0.1) is 5.82 Å². The molecule has 0 radical (unpaired) electrons. The lowest BCUT2D eigenvalue weighted by atomic mass is 10.0. The van der Waals surface area contributed by atoms with Crippen molar-refractivity contribution in [2.75, 3.05) is 0 Å². The molecule has 2 aromatic carbocycles. The van der Waals surface area contributed by atoms with Gasteiger partial charge in [0.1, 0.15) is 9.05 Å². The number of alkyl halides is 2. The summed E-state index contributed by atoms with van der Waals surface area (Å²) in [5.41, 5.74) is 1.73. The minimum absolute atomic E-state index is 0.219. The van der Waals surface area contributed by atoms with E-state index in [-0.39, 0.29) is 5.82 Å². The molecule has 0 N–H and O–H groups in total. The minimum Gasteiger partial charge on any atom is -0.207 e. The molecule has 0 aliphatic carbocycles. The molecule has 0 aromatic heterocycles. The van der Waals surface area contributed by atoms with Gasteiger partial charge in [-0.2, -0.15) is 0 Å². The first-order chi connectivity index (χ1) is 8.49. The normalized spacial score (nSPS) is 11.6. The number of rotatable bonds is 3. The largest absolute Gasteiger partial charge is 0.207 e. The summed E-state index contributed by atoms with van der Waals surface area (Å²) in [7, 11) is 0. The second-order valence-electron chi connectivity index (χ2n) is 3.99. The quantitative estimate of drug-likeness (QED) is 0.535. The predicted octanol–water partition coefficient (Wildman–Crippen LogP) is 5.77. The lowest BCUT2D eigenvalue weighted by molar-refractivity contribution is 0.604. The minimum atomic E-state index is -0.584. The van der Waals surface area contributed by atoms with Crippen LogP contribution < -0.4 is 0 Å². The van der Waals surface area contributed by atoms with Crippen LogP contribution in [0.5, 0.6) is 0 Å². The van der Waals surface area contributed by atoms with Gasteiger partial charge in [0.2, 0.25) is 0 Å². The Morgan fingerprint density at radius 1 is 0.944 bits per heavy atom. The molecule has 0 unspecified atom stereocenters. The van der Waals surface area contributed by atoms with Crippen molar-refractivity contribution in [2.45, 2.75) is 9.65 Å². The molecule has 2 aromatic rings. The van der Waals surface area contributed by atoms with Crippen molar-refractivity contribution in [3.05, 3.63) is 69.9 Å². The number of halogens is 4. The maximum atomic E-state index is 13.8. The first kappa shape index (κ1) is 14.2. The van der Waals surface area contributed by atoms with Crippen LogP contribution in [0.4, 0.5) is 4.39 Å². The Hall–Kier alpha value is -0.190. The lowest BCUT2D eigenvalue weighted by Gasteiger charge is -2.21. The summed E-state index contributed by atoms with van der Waals surface area (Å²) < 4.78 is 14.2. The van der Waals surface area contributed by atoms with Crippen molar-refractivity contribution in [2.24, 2.45) is 0 Å². The zero-order valence-electron chi connectivity index (χ0n) is 9.34. The Balaban J connectivity index is 2.27. The van der Waals surface area contributed by atoms with Crippen LogP contribution in [0.1, 0.15) is 11.1 Å². The Labute approximate surface area is 131 Å². The fourth-order valence-corrected chi connectivity index (χ4v) is 3.27. The van der Waals surface area contributed by atoms with Crippen molar-refractivity contribution < 1.29 is 4.39 Å². The van der Waals surface area contributed by atoms with Crippen LogP contribution >= 0.6 is 47.8 Å². The Morgan fingerprint density at radius 2 is 1.56 bits per heavy atom. The smallest absolute Gasteiger partial charge is 0.128 e. The molecule has 0 aliphatic heterocycles. The summed E-state index contributed by atoms with van der Waals surface area (Å²) in [5, 5.41) is 0. The fraction of sp³-hybridized carbons (Fsp3) is 0.143. The van der Waals surface area contributed by atoms with Crippen molar-refractivity contribution in [3.63, 3.8) is 0 Å². The van der Waals surface area contributed by atoms with E-state index in [1.54, 1.807) is 12.1 Å². The van der Waals surface area contributed by atoms with Crippen molar-refractivity contribution >= 4 is 47.8 Å². The zero-order valence-corrected chi connectivity index (χ0v) is 14.1. The molecule has 0 saturated carbocycles. The molecule has 0 saturated heterocycles. The van der Waals surface area contributed by atoms with Crippen molar-refractivity contribution in [1.82, 2.24) is 0 Å². The van der Waals surface area contributed by atoms with Crippen LogP contribution in [0.15, 0.2) is 53.0 Å². The molecule has 94 valence electrons. The highest BCUT2D eigenvalue weighted by Crippen LogP contribution is 2.42. The van der Waals surface area contributed by atoms with Gasteiger partial charge >= 0.3 is 0 Å². The number of hydrogen-bond donors (Lipinski definition) is 0. The Bertz CT molecular complexity index is 535. The van der Waals surface area contributed by atoms with Gasteiger partial charge in [-0.3, -0.25) is 0 Å². The molecule has 0 atom stereocenters. The van der Waals surface area contributed by atoms with Crippen LogP contribution in [0.2, 0.25) is 0 Å². The van der Waals surface area contributed by atoms with Gasteiger partial charge in [-0.05, 0) is 23.8 Å². The summed E-state index contributed by atoms with van der Waals surface area (Å²) in [6.07, 6.45) is 0.654. The second kappa shape index (κ2) is 5.85. The maximum absolute atomic E-state index is 13.8. The molecule has 0 nitrogen and oxygen atoms in total. The molecule has 0 aliphatic rings. The number of hydrogen-bond acceptors (Lipinski definition) is 0. The lowest BCUT2D eigenvalue weighted by Crippen LogP contribution is -2.14. The first-order valence-corrected chi connectivity index (χ1v) is 7.74. The van der Waals surface area contributed by atoms with E-state index in [0.29, 0.717) is 12.0 Å². The molecule has 0 heterocycles. The topological polar surface area (TPSA) is 0 Å². The van der Waals surface area contributed by atoms with Crippen LogP contribution in [-0.2, 0) is 9.65 Å². The standard InChI is InChI=1S/C14H10Br3F/c15-11-7-5-10(6-8-11)9-14(16,17)12-3-1-2-4-13(12)18/h1-8H,9H2. The monoisotopic (exact) mass is 434 g/mol. The first-order valence-electron chi connectivity index (χ1n) is 5.36. The molecule has 0 fully saturated rings. The van der Waals surface area contributed by atoms with E-state index < -0.39 is 3.23 Å². The highest BCUT2D eigenvalue weighted by Gasteiger charge is 2.28. The fourth-order valence-electron chi connectivity index (χ4n) is 1.71. The van der Waals surface area contributed by atoms with Crippen molar-refractivity contribution in [1.29, 1.82) is 0 Å². The SMILES string of the molecule is Fc1ccccc1C(Br)(Br)Cc1ccc(Br)cc1. The summed E-state index contributed by atoms with van der Waals surface area (Å²) in [6.45, 7) is 0.